The lowest BCUT2D eigenvalue weighted by molar-refractivity contribution is 0.343. The number of hydrogen-bond donors (Lipinski definition) is 1. The molecule has 0 radical (unpaired) electrons. The highest BCUT2D eigenvalue weighted by molar-refractivity contribution is 5.38. The summed E-state index contributed by atoms with van der Waals surface area (Å²) in [4.78, 5) is 4.52. The summed E-state index contributed by atoms with van der Waals surface area (Å²) in [5.74, 6) is 1.70. The maximum atomic E-state index is 5.98. The summed E-state index contributed by atoms with van der Waals surface area (Å²) in [6.45, 7) is 3.92. The van der Waals surface area contributed by atoms with Crippen LogP contribution in [0.2, 0.25) is 0 Å². The number of nitrogens with two attached hydrogens (primary N) is 1. The zero-order valence-electron chi connectivity index (χ0n) is 11.4. The van der Waals surface area contributed by atoms with Crippen LogP contribution in [-0.2, 0) is 12.8 Å². The van der Waals surface area contributed by atoms with Crippen LogP contribution in [0.5, 0.6) is 0 Å². The van der Waals surface area contributed by atoms with E-state index in [1.54, 1.807) is 0 Å². The normalized spacial score (nSPS) is 18.6. The van der Waals surface area contributed by atoms with Gasteiger partial charge in [-0.05, 0) is 37.8 Å². The summed E-state index contributed by atoms with van der Waals surface area (Å²) in [6, 6.07) is 8.50. The molecule has 0 amide bonds. The van der Waals surface area contributed by atoms with Gasteiger partial charge in [0.1, 0.15) is 0 Å². The average Bonchev–Trinajstić information content (AvgIpc) is 2.92. The first-order chi connectivity index (χ1) is 9.03. The lowest BCUT2D eigenvalue weighted by Crippen LogP contribution is -2.34. The predicted molar refractivity (Wildman–Crippen MR) is 72.9 cm³/mol. The third-order valence-corrected chi connectivity index (χ3v) is 3.54. The third-order valence-electron chi connectivity index (χ3n) is 3.54. The molecular weight excluding hydrogens is 238 g/mol. The molecule has 1 aliphatic rings. The van der Waals surface area contributed by atoms with Crippen LogP contribution in [0.3, 0.4) is 0 Å². The summed E-state index contributed by atoms with van der Waals surface area (Å²) in [6.07, 6.45) is 2.76. The van der Waals surface area contributed by atoms with Crippen LogP contribution in [0.4, 0.5) is 0 Å². The van der Waals surface area contributed by atoms with E-state index in [-0.39, 0.29) is 11.5 Å². The van der Waals surface area contributed by atoms with Crippen molar-refractivity contribution in [1.29, 1.82) is 0 Å². The molecule has 2 N–H and O–H groups in total. The van der Waals surface area contributed by atoms with Crippen molar-refractivity contribution in [2.75, 3.05) is 0 Å². The molecule has 4 heteroatoms. The summed E-state index contributed by atoms with van der Waals surface area (Å²) in [5, 5.41) is 4.14. The highest BCUT2D eigenvalue weighted by Gasteiger charge is 2.28. The second kappa shape index (κ2) is 4.46. The molecule has 1 aromatic heterocycles. The van der Waals surface area contributed by atoms with Crippen molar-refractivity contribution in [2.24, 2.45) is 5.73 Å². The molecule has 1 atom stereocenters. The Morgan fingerprint density at radius 1 is 1.37 bits per heavy atom. The number of rotatable bonds is 3. The van der Waals surface area contributed by atoms with Crippen LogP contribution in [0, 0.1) is 0 Å². The van der Waals surface area contributed by atoms with Gasteiger partial charge in [-0.2, -0.15) is 4.98 Å². The molecule has 0 saturated carbocycles. The zero-order valence-corrected chi connectivity index (χ0v) is 11.4. The molecule has 1 heterocycles. The average molecular weight is 257 g/mol. The van der Waals surface area contributed by atoms with E-state index in [0.29, 0.717) is 12.3 Å². The number of hydrogen-bond acceptors (Lipinski definition) is 4. The minimum atomic E-state index is -0.322. The van der Waals surface area contributed by atoms with Gasteiger partial charge in [0, 0.05) is 17.9 Å². The van der Waals surface area contributed by atoms with Gasteiger partial charge in [0.15, 0.2) is 5.82 Å². The molecule has 0 aliphatic heterocycles. The lowest BCUT2D eigenvalue weighted by Gasteiger charge is -2.14. The molecule has 0 saturated heterocycles. The van der Waals surface area contributed by atoms with Gasteiger partial charge < -0.3 is 10.3 Å². The van der Waals surface area contributed by atoms with Gasteiger partial charge >= 0.3 is 0 Å². The Kier molecular flexibility index (Phi) is 2.90. The molecule has 1 aromatic carbocycles. The molecule has 0 bridgehead atoms. The Morgan fingerprint density at radius 2 is 2.16 bits per heavy atom. The van der Waals surface area contributed by atoms with Crippen LogP contribution < -0.4 is 5.73 Å². The van der Waals surface area contributed by atoms with Crippen molar-refractivity contribution >= 4 is 0 Å². The molecule has 100 valence electrons. The summed E-state index contributed by atoms with van der Waals surface area (Å²) >= 11 is 0. The molecule has 4 nitrogen and oxygen atoms in total. The molecule has 0 spiro atoms. The minimum Gasteiger partial charge on any atom is -0.339 e. The maximum Gasteiger partial charge on any atom is 0.228 e. The monoisotopic (exact) mass is 257 g/mol. The highest BCUT2D eigenvalue weighted by Crippen LogP contribution is 2.36. The fourth-order valence-corrected chi connectivity index (χ4v) is 2.70. The van der Waals surface area contributed by atoms with Crippen molar-refractivity contribution in [3.8, 4) is 0 Å². The SMILES string of the molecule is CC(C)(N)Cc1nc(C2CCc3ccccc32)no1. The molecule has 3 rings (SSSR count). The van der Waals surface area contributed by atoms with Gasteiger partial charge in [-0.15, -0.1) is 0 Å². The first-order valence-electron chi connectivity index (χ1n) is 6.72. The Morgan fingerprint density at radius 3 is 2.95 bits per heavy atom. The van der Waals surface area contributed by atoms with E-state index >= 15 is 0 Å². The van der Waals surface area contributed by atoms with Crippen LogP contribution >= 0.6 is 0 Å². The molecule has 2 aromatic rings. The largest absolute Gasteiger partial charge is 0.339 e. The first kappa shape index (κ1) is 12.4. The standard InChI is InChI=1S/C15H19N3O/c1-15(2,16)9-13-17-14(18-19-13)12-8-7-10-5-3-4-6-11(10)12/h3-6,12H,7-9,16H2,1-2H3. The topological polar surface area (TPSA) is 64.9 Å². The fraction of sp³-hybridized carbons (Fsp3) is 0.467. The van der Waals surface area contributed by atoms with Gasteiger partial charge in [-0.1, -0.05) is 29.4 Å². The Balaban J connectivity index is 1.85. The molecular formula is C15H19N3O. The quantitative estimate of drug-likeness (QED) is 0.917. The van der Waals surface area contributed by atoms with Crippen molar-refractivity contribution in [2.45, 2.75) is 44.6 Å². The van der Waals surface area contributed by atoms with Gasteiger partial charge in [-0.25, -0.2) is 0 Å². The lowest BCUT2D eigenvalue weighted by atomic mass is 10.0. The number of aryl methyl sites for hydroxylation is 1. The Hall–Kier alpha value is -1.68. The summed E-state index contributed by atoms with van der Waals surface area (Å²) in [5.41, 5.74) is 8.39. The summed E-state index contributed by atoms with van der Waals surface area (Å²) < 4.78 is 5.33. The van der Waals surface area contributed by atoms with E-state index in [2.05, 4.69) is 34.4 Å². The van der Waals surface area contributed by atoms with Crippen molar-refractivity contribution in [3.05, 3.63) is 47.1 Å². The smallest absolute Gasteiger partial charge is 0.228 e. The fourth-order valence-electron chi connectivity index (χ4n) is 2.70. The van der Waals surface area contributed by atoms with E-state index in [0.717, 1.165) is 18.7 Å². The van der Waals surface area contributed by atoms with Gasteiger partial charge in [0.2, 0.25) is 5.89 Å². The number of aromatic nitrogens is 2. The Bertz CT molecular complexity index is 583. The maximum absolute atomic E-state index is 5.98. The molecule has 19 heavy (non-hydrogen) atoms. The number of fused-ring (bicyclic) bond motifs is 1. The number of nitrogens with zero attached hydrogens (tertiary/aromatic N) is 2. The molecule has 0 fully saturated rings. The predicted octanol–water partition coefficient (Wildman–Crippen LogP) is 2.43. The number of benzene rings is 1. The van der Waals surface area contributed by atoms with Crippen LogP contribution in [0.15, 0.2) is 28.8 Å². The highest BCUT2D eigenvalue weighted by atomic mass is 16.5. The Labute approximate surface area is 113 Å². The summed E-state index contributed by atoms with van der Waals surface area (Å²) in [7, 11) is 0. The van der Waals surface area contributed by atoms with E-state index in [9.17, 15) is 0 Å². The van der Waals surface area contributed by atoms with Crippen molar-refractivity contribution < 1.29 is 4.52 Å². The van der Waals surface area contributed by atoms with E-state index in [1.807, 2.05) is 13.8 Å². The molecule has 1 aliphatic carbocycles. The minimum absolute atomic E-state index is 0.273. The third kappa shape index (κ3) is 2.54. The van der Waals surface area contributed by atoms with Gasteiger partial charge in [0.25, 0.3) is 0 Å². The van der Waals surface area contributed by atoms with Gasteiger partial charge in [0.05, 0.1) is 0 Å². The van der Waals surface area contributed by atoms with E-state index in [4.69, 9.17) is 10.3 Å². The van der Waals surface area contributed by atoms with Crippen molar-refractivity contribution in [1.82, 2.24) is 10.1 Å². The van der Waals surface area contributed by atoms with Crippen molar-refractivity contribution in [3.63, 3.8) is 0 Å². The second-order valence-electron chi connectivity index (χ2n) is 6.00. The van der Waals surface area contributed by atoms with E-state index < -0.39 is 0 Å². The van der Waals surface area contributed by atoms with Gasteiger partial charge in [-0.3, -0.25) is 0 Å². The second-order valence-corrected chi connectivity index (χ2v) is 6.00. The first-order valence-corrected chi connectivity index (χ1v) is 6.72. The zero-order chi connectivity index (χ0) is 13.5. The van der Waals surface area contributed by atoms with Crippen LogP contribution in [0.25, 0.3) is 0 Å². The van der Waals surface area contributed by atoms with Crippen LogP contribution in [-0.4, -0.2) is 15.7 Å². The molecule has 1 unspecified atom stereocenters. The van der Waals surface area contributed by atoms with E-state index in [1.165, 1.54) is 11.1 Å². The van der Waals surface area contributed by atoms with Crippen LogP contribution in [0.1, 0.15) is 49.0 Å².